The molecule has 0 atom stereocenters. The Morgan fingerprint density at radius 2 is 1.79 bits per heavy atom. The molecule has 0 radical (unpaired) electrons. The van der Waals surface area contributed by atoms with Crippen LogP contribution in [0.15, 0.2) is 53.9 Å². The zero-order valence-electron chi connectivity index (χ0n) is 13.0. The molecule has 0 saturated carbocycles. The van der Waals surface area contributed by atoms with Crippen molar-refractivity contribution in [3.8, 4) is 22.7 Å². The smallest absolute Gasteiger partial charge is 0.192 e. The molecular weight excluding hydrogens is 350 g/mol. The Bertz CT molecular complexity index is 965. The first-order valence-electron chi connectivity index (χ1n) is 6.94. The molecule has 0 saturated heterocycles. The predicted octanol–water partition coefficient (Wildman–Crippen LogP) is 3.00. The van der Waals surface area contributed by atoms with Crippen LogP contribution in [-0.2, 0) is 9.84 Å². The van der Waals surface area contributed by atoms with Crippen LogP contribution >= 0.6 is 11.6 Å². The number of pyridine rings is 1. The zero-order chi connectivity index (χ0) is 17.3. The van der Waals surface area contributed by atoms with Crippen molar-refractivity contribution in [2.75, 3.05) is 13.4 Å². The van der Waals surface area contributed by atoms with Gasteiger partial charge in [-0.15, -0.1) is 0 Å². The van der Waals surface area contributed by atoms with Crippen LogP contribution in [0.1, 0.15) is 0 Å². The Morgan fingerprint density at radius 1 is 1.08 bits per heavy atom. The largest absolute Gasteiger partial charge is 0.497 e. The third-order valence-corrected chi connectivity index (χ3v) is 4.74. The van der Waals surface area contributed by atoms with Gasteiger partial charge in [-0.2, -0.15) is 0 Å². The average Bonchev–Trinajstić information content (AvgIpc) is 2.96. The fourth-order valence-electron chi connectivity index (χ4n) is 2.26. The maximum atomic E-state index is 11.5. The van der Waals surface area contributed by atoms with Crippen LogP contribution < -0.4 is 4.74 Å². The summed E-state index contributed by atoms with van der Waals surface area (Å²) in [4.78, 5) is 8.13. The number of sulfone groups is 1. The topological polar surface area (TPSA) is 74.1 Å². The summed E-state index contributed by atoms with van der Waals surface area (Å²) in [6.07, 6.45) is 4.16. The summed E-state index contributed by atoms with van der Waals surface area (Å²) in [6, 6.07) is 10.5. The van der Waals surface area contributed by atoms with E-state index in [1.165, 1.54) is 12.3 Å². The summed E-state index contributed by atoms with van der Waals surface area (Å²) in [5.41, 5.74) is 2.20. The second kappa shape index (κ2) is 6.26. The van der Waals surface area contributed by atoms with Crippen LogP contribution in [-0.4, -0.2) is 36.3 Å². The van der Waals surface area contributed by atoms with E-state index in [4.69, 9.17) is 16.3 Å². The quantitative estimate of drug-likeness (QED) is 0.712. The molecule has 0 aliphatic rings. The van der Waals surface area contributed by atoms with Crippen LogP contribution in [0.25, 0.3) is 16.9 Å². The average molecular weight is 364 g/mol. The number of rotatable bonds is 4. The first-order chi connectivity index (χ1) is 11.4. The number of halogens is 1. The van der Waals surface area contributed by atoms with Gasteiger partial charge in [0.1, 0.15) is 12.1 Å². The van der Waals surface area contributed by atoms with Crippen molar-refractivity contribution in [3.05, 3.63) is 54.1 Å². The van der Waals surface area contributed by atoms with Crippen molar-refractivity contribution in [2.24, 2.45) is 0 Å². The lowest BCUT2D eigenvalue weighted by molar-refractivity contribution is 0.415. The standard InChI is InChI=1S/C16H14ClN3O3S/c1-23-13-6-3-11(4-7-13)15-16(17)19-10-20(15)12-5-8-14(18-9-12)24(2,21)22/h3-10H,1-2H3. The Morgan fingerprint density at radius 3 is 2.33 bits per heavy atom. The molecule has 0 spiro atoms. The Kier molecular flexibility index (Phi) is 4.29. The monoisotopic (exact) mass is 363 g/mol. The van der Waals surface area contributed by atoms with E-state index in [1.807, 2.05) is 24.3 Å². The Labute approximate surface area is 144 Å². The van der Waals surface area contributed by atoms with Gasteiger partial charge in [0.25, 0.3) is 0 Å². The minimum absolute atomic E-state index is 0.0171. The molecule has 0 aliphatic carbocycles. The van der Waals surface area contributed by atoms with E-state index in [0.717, 1.165) is 17.6 Å². The molecule has 124 valence electrons. The van der Waals surface area contributed by atoms with Crippen LogP contribution in [0.2, 0.25) is 5.15 Å². The van der Waals surface area contributed by atoms with Crippen LogP contribution in [0, 0.1) is 0 Å². The molecule has 2 aromatic heterocycles. The number of aromatic nitrogens is 3. The van der Waals surface area contributed by atoms with E-state index in [0.29, 0.717) is 16.5 Å². The minimum atomic E-state index is -3.34. The summed E-state index contributed by atoms with van der Waals surface area (Å²) in [5, 5.41) is 0.357. The molecular formula is C16H14ClN3O3S. The summed E-state index contributed by atoms with van der Waals surface area (Å²) in [7, 11) is -1.74. The molecule has 1 aromatic carbocycles. The molecule has 3 aromatic rings. The van der Waals surface area contributed by atoms with Gasteiger partial charge in [0.2, 0.25) is 0 Å². The van der Waals surface area contributed by atoms with Crippen molar-refractivity contribution in [3.63, 3.8) is 0 Å². The summed E-state index contributed by atoms with van der Waals surface area (Å²) in [6.45, 7) is 0. The minimum Gasteiger partial charge on any atom is -0.497 e. The number of nitrogens with zero attached hydrogens (tertiary/aromatic N) is 3. The molecule has 0 bridgehead atoms. The summed E-state index contributed by atoms with van der Waals surface area (Å²) in [5.74, 6) is 0.736. The normalized spacial score (nSPS) is 11.5. The van der Waals surface area contributed by atoms with Gasteiger partial charge in [-0.1, -0.05) is 11.6 Å². The van der Waals surface area contributed by atoms with Crippen LogP contribution in [0.3, 0.4) is 0 Å². The molecule has 3 rings (SSSR count). The SMILES string of the molecule is COc1ccc(-c2c(Cl)ncn2-c2ccc(S(C)(=O)=O)nc2)cc1. The van der Waals surface area contributed by atoms with Crippen LogP contribution in [0.4, 0.5) is 0 Å². The third kappa shape index (κ3) is 3.13. The molecule has 0 fully saturated rings. The molecule has 0 aliphatic heterocycles. The number of imidazole rings is 1. The van der Waals surface area contributed by atoms with Gasteiger partial charge in [0.15, 0.2) is 20.0 Å². The highest BCUT2D eigenvalue weighted by atomic mass is 35.5. The predicted molar refractivity (Wildman–Crippen MR) is 91.5 cm³/mol. The van der Waals surface area contributed by atoms with E-state index >= 15 is 0 Å². The Balaban J connectivity index is 2.06. The van der Waals surface area contributed by atoms with E-state index < -0.39 is 9.84 Å². The van der Waals surface area contributed by atoms with Gasteiger partial charge in [-0.3, -0.25) is 4.57 Å². The zero-order valence-corrected chi connectivity index (χ0v) is 14.5. The van der Waals surface area contributed by atoms with Gasteiger partial charge < -0.3 is 4.74 Å². The van der Waals surface area contributed by atoms with Gasteiger partial charge >= 0.3 is 0 Å². The number of hydrogen-bond acceptors (Lipinski definition) is 5. The molecule has 0 N–H and O–H groups in total. The molecule has 6 nitrogen and oxygen atoms in total. The van der Waals surface area contributed by atoms with E-state index in [9.17, 15) is 8.42 Å². The number of hydrogen-bond donors (Lipinski definition) is 0. The maximum Gasteiger partial charge on any atom is 0.192 e. The molecule has 24 heavy (non-hydrogen) atoms. The summed E-state index contributed by atoms with van der Waals surface area (Å²) >= 11 is 6.23. The highest BCUT2D eigenvalue weighted by Crippen LogP contribution is 2.30. The summed E-state index contributed by atoms with van der Waals surface area (Å²) < 4.78 is 29.9. The highest BCUT2D eigenvalue weighted by molar-refractivity contribution is 7.90. The van der Waals surface area contributed by atoms with Gasteiger partial charge in [-0.25, -0.2) is 18.4 Å². The van der Waals surface area contributed by atoms with Crippen molar-refractivity contribution < 1.29 is 13.2 Å². The fraction of sp³-hybridized carbons (Fsp3) is 0.125. The maximum absolute atomic E-state index is 11.5. The fourth-order valence-corrected chi connectivity index (χ4v) is 3.07. The van der Waals surface area contributed by atoms with Gasteiger partial charge in [0.05, 0.1) is 24.7 Å². The first kappa shape index (κ1) is 16.5. The third-order valence-electron chi connectivity index (χ3n) is 3.47. The van der Waals surface area contributed by atoms with E-state index in [-0.39, 0.29) is 5.03 Å². The number of methoxy groups -OCH3 is 1. The lowest BCUT2D eigenvalue weighted by Crippen LogP contribution is -2.02. The second-order valence-corrected chi connectivity index (χ2v) is 7.43. The number of benzene rings is 1. The molecule has 0 amide bonds. The van der Waals surface area contributed by atoms with Crippen molar-refractivity contribution >= 4 is 21.4 Å². The van der Waals surface area contributed by atoms with E-state index in [2.05, 4.69) is 9.97 Å². The van der Waals surface area contributed by atoms with Gasteiger partial charge in [0, 0.05) is 11.8 Å². The number of ether oxygens (including phenoxy) is 1. The molecule has 0 unspecified atom stereocenters. The first-order valence-corrected chi connectivity index (χ1v) is 9.21. The van der Waals surface area contributed by atoms with E-state index in [1.54, 1.807) is 24.1 Å². The highest BCUT2D eigenvalue weighted by Gasteiger charge is 2.15. The Hall–Kier alpha value is -2.38. The molecule has 2 heterocycles. The van der Waals surface area contributed by atoms with Crippen molar-refractivity contribution in [1.82, 2.24) is 14.5 Å². The van der Waals surface area contributed by atoms with Gasteiger partial charge in [-0.05, 0) is 36.4 Å². The lowest BCUT2D eigenvalue weighted by atomic mass is 10.1. The molecule has 8 heteroatoms. The van der Waals surface area contributed by atoms with Crippen LogP contribution in [0.5, 0.6) is 5.75 Å². The second-order valence-electron chi connectivity index (χ2n) is 5.11. The van der Waals surface area contributed by atoms with Crippen molar-refractivity contribution in [2.45, 2.75) is 5.03 Å². The lowest BCUT2D eigenvalue weighted by Gasteiger charge is -2.09. The van der Waals surface area contributed by atoms with Crippen molar-refractivity contribution in [1.29, 1.82) is 0 Å².